The van der Waals surface area contributed by atoms with Crippen molar-refractivity contribution < 1.29 is 9.53 Å². The number of aromatic nitrogens is 1. The molecule has 1 aromatic carbocycles. The summed E-state index contributed by atoms with van der Waals surface area (Å²) >= 11 is 0. The third-order valence-electron chi connectivity index (χ3n) is 2.79. The lowest BCUT2D eigenvalue weighted by Crippen LogP contribution is -2.06. The molecule has 0 radical (unpaired) electrons. The minimum atomic E-state index is -0.368. The molecular formula is C14H15NO2. The molecule has 0 bridgehead atoms. The first-order valence-electron chi connectivity index (χ1n) is 5.67. The summed E-state index contributed by atoms with van der Waals surface area (Å²) in [5.74, 6) is -0.368. The Kier molecular flexibility index (Phi) is 3.09. The second-order valence-electron chi connectivity index (χ2n) is 4.05. The number of rotatable bonds is 2. The number of benzene rings is 1. The lowest BCUT2D eigenvalue weighted by atomic mass is 10.1. The molecule has 0 spiro atoms. The average molecular weight is 229 g/mol. The Morgan fingerprint density at radius 1 is 1.24 bits per heavy atom. The molecule has 1 aromatic heterocycles. The van der Waals surface area contributed by atoms with Crippen molar-refractivity contribution in [3.05, 3.63) is 41.1 Å². The van der Waals surface area contributed by atoms with Crippen LogP contribution in [0.2, 0.25) is 0 Å². The van der Waals surface area contributed by atoms with Gasteiger partial charge in [-0.05, 0) is 50.1 Å². The van der Waals surface area contributed by atoms with Crippen LogP contribution in [0.15, 0.2) is 24.3 Å². The van der Waals surface area contributed by atoms with E-state index in [0.717, 1.165) is 10.9 Å². The predicted octanol–water partition coefficient (Wildman–Crippen LogP) is 3.03. The zero-order valence-electron chi connectivity index (χ0n) is 10.3. The molecule has 0 aliphatic heterocycles. The van der Waals surface area contributed by atoms with Crippen LogP contribution in [-0.2, 0) is 4.74 Å². The second-order valence-corrected chi connectivity index (χ2v) is 4.05. The molecule has 0 amide bonds. The van der Waals surface area contributed by atoms with E-state index in [-0.39, 0.29) is 5.97 Å². The van der Waals surface area contributed by atoms with Crippen molar-refractivity contribution >= 4 is 16.9 Å². The van der Waals surface area contributed by atoms with E-state index < -0.39 is 0 Å². The van der Waals surface area contributed by atoms with Gasteiger partial charge in [-0.1, -0.05) is 6.07 Å². The van der Waals surface area contributed by atoms with Gasteiger partial charge >= 0.3 is 5.97 Å². The van der Waals surface area contributed by atoms with Gasteiger partial charge in [0, 0.05) is 5.39 Å². The molecule has 0 fully saturated rings. The van der Waals surface area contributed by atoms with Crippen LogP contribution in [0.4, 0.5) is 0 Å². The fraction of sp³-hybridized carbons (Fsp3) is 0.286. The largest absolute Gasteiger partial charge is 0.461 e. The smallest absolute Gasteiger partial charge is 0.356 e. The number of carbonyl (C=O) groups excluding carboxylic acids is 1. The highest BCUT2D eigenvalue weighted by molar-refractivity contribution is 5.91. The minimum Gasteiger partial charge on any atom is -0.461 e. The first-order chi connectivity index (χ1) is 8.11. The summed E-state index contributed by atoms with van der Waals surface area (Å²) < 4.78 is 4.93. The number of esters is 1. The number of aryl methyl sites for hydroxylation is 2. The van der Waals surface area contributed by atoms with E-state index in [1.165, 1.54) is 11.1 Å². The fourth-order valence-corrected chi connectivity index (χ4v) is 1.71. The van der Waals surface area contributed by atoms with Gasteiger partial charge in [0.25, 0.3) is 0 Å². The molecule has 2 aromatic rings. The molecule has 17 heavy (non-hydrogen) atoms. The van der Waals surface area contributed by atoms with Crippen LogP contribution in [0.25, 0.3) is 10.9 Å². The zero-order chi connectivity index (χ0) is 12.4. The van der Waals surface area contributed by atoms with Gasteiger partial charge in [0.15, 0.2) is 0 Å². The summed E-state index contributed by atoms with van der Waals surface area (Å²) in [6.07, 6.45) is 0. The van der Waals surface area contributed by atoms with E-state index in [0.29, 0.717) is 12.3 Å². The average Bonchev–Trinajstić information content (AvgIpc) is 2.30. The molecule has 0 saturated carbocycles. The SMILES string of the molecule is CCOC(=O)c1ccc2cc(C)c(C)cc2n1. The van der Waals surface area contributed by atoms with E-state index in [2.05, 4.69) is 18.0 Å². The number of pyridine rings is 1. The summed E-state index contributed by atoms with van der Waals surface area (Å²) in [4.78, 5) is 15.9. The number of hydrogen-bond donors (Lipinski definition) is 0. The maximum atomic E-state index is 11.6. The van der Waals surface area contributed by atoms with Gasteiger partial charge in [-0.25, -0.2) is 9.78 Å². The monoisotopic (exact) mass is 229 g/mol. The molecule has 0 unspecified atom stereocenters. The summed E-state index contributed by atoms with van der Waals surface area (Å²) in [5.41, 5.74) is 3.59. The van der Waals surface area contributed by atoms with Crippen molar-refractivity contribution in [1.29, 1.82) is 0 Å². The third kappa shape index (κ3) is 2.28. The number of nitrogens with zero attached hydrogens (tertiary/aromatic N) is 1. The van der Waals surface area contributed by atoms with Crippen LogP contribution in [0, 0.1) is 13.8 Å². The Morgan fingerprint density at radius 3 is 2.65 bits per heavy atom. The first-order valence-corrected chi connectivity index (χ1v) is 5.67. The quantitative estimate of drug-likeness (QED) is 0.743. The van der Waals surface area contributed by atoms with Crippen molar-refractivity contribution in [2.75, 3.05) is 6.61 Å². The predicted molar refractivity (Wildman–Crippen MR) is 67.2 cm³/mol. The van der Waals surface area contributed by atoms with E-state index in [4.69, 9.17) is 4.74 Å². The van der Waals surface area contributed by atoms with Gasteiger partial charge in [-0.15, -0.1) is 0 Å². The fourth-order valence-electron chi connectivity index (χ4n) is 1.71. The Bertz CT molecular complexity index is 576. The molecule has 0 aliphatic carbocycles. The van der Waals surface area contributed by atoms with Crippen LogP contribution < -0.4 is 0 Å². The number of hydrogen-bond acceptors (Lipinski definition) is 3. The minimum absolute atomic E-state index is 0.364. The van der Waals surface area contributed by atoms with E-state index in [9.17, 15) is 4.79 Å². The summed E-state index contributed by atoms with van der Waals surface area (Å²) in [6, 6.07) is 7.68. The Balaban J connectivity index is 2.50. The first kappa shape index (κ1) is 11.6. The third-order valence-corrected chi connectivity index (χ3v) is 2.79. The summed E-state index contributed by atoms with van der Waals surface area (Å²) in [6.45, 7) is 6.25. The van der Waals surface area contributed by atoms with Gasteiger partial charge < -0.3 is 4.74 Å². The molecule has 0 N–H and O–H groups in total. The van der Waals surface area contributed by atoms with Crippen LogP contribution in [0.3, 0.4) is 0 Å². The van der Waals surface area contributed by atoms with Crippen LogP contribution in [0.1, 0.15) is 28.5 Å². The number of fused-ring (bicyclic) bond motifs is 1. The Morgan fingerprint density at radius 2 is 1.94 bits per heavy atom. The molecule has 3 nitrogen and oxygen atoms in total. The highest BCUT2D eigenvalue weighted by Crippen LogP contribution is 2.18. The molecule has 88 valence electrons. The molecular weight excluding hydrogens is 214 g/mol. The van der Waals surface area contributed by atoms with Gasteiger partial charge in [0.1, 0.15) is 5.69 Å². The summed E-state index contributed by atoms with van der Waals surface area (Å²) in [5, 5.41) is 1.04. The van der Waals surface area contributed by atoms with Crippen molar-refractivity contribution in [3.8, 4) is 0 Å². The number of carbonyl (C=O) groups is 1. The molecule has 0 aliphatic rings. The van der Waals surface area contributed by atoms with Crippen LogP contribution in [0.5, 0.6) is 0 Å². The van der Waals surface area contributed by atoms with Gasteiger partial charge in [-0.3, -0.25) is 0 Å². The van der Waals surface area contributed by atoms with E-state index in [1.54, 1.807) is 13.0 Å². The van der Waals surface area contributed by atoms with Gasteiger partial charge in [0.05, 0.1) is 12.1 Å². The Hall–Kier alpha value is -1.90. The molecule has 2 rings (SSSR count). The van der Waals surface area contributed by atoms with Crippen molar-refractivity contribution in [2.45, 2.75) is 20.8 Å². The van der Waals surface area contributed by atoms with Gasteiger partial charge in [0.2, 0.25) is 0 Å². The van der Waals surface area contributed by atoms with Crippen LogP contribution >= 0.6 is 0 Å². The highest BCUT2D eigenvalue weighted by atomic mass is 16.5. The van der Waals surface area contributed by atoms with Crippen molar-refractivity contribution in [2.24, 2.45) is 0 Å². The summed E-state index contributed by atoms with van der Waals surface area (Å²) in [7, 11) is 0. The maximum Gasteiger partial charge on any atom is 0.356 e. The molecule has 0 saturated heterocycles. The Labute approximate surface area is 100 Å². The van der Waals surface area contributed by atoms with E-state index in [1.807, 2.05) is 19.1 Å². The van der Waals surface area contributed by atoms with Gasteiger partial charge in [-0.2, -0.15) is 0 Å². The molecule has 3 heteroatoms. The zero-order valence-corrected chi connectivity index (χ0v) is 10.3. The molecule has 0 atom stereocenters. The number of ether oxygens (including phenoxy) is 1. The standard InChI is InChI=1S/C14H15NO2/c1-4-17-14(16)12-6-5-11-7-9(2)10(3)8-13(11)15-12/h5-8H,4H2,1-3H3. The van der Waals surface area contributed by atoms with E-state index >= 15 is 0 Å². The topological polar surface area (TPSA) is 39.2 Å². The lowest BCUT2D eigenvalue weighted by molar-refractivity contribution is 0.0520. The normalized spacial score (nSPS) is 10.5. The highest BCUT2D eigenvalue weighted by Gasteiger charge is 2.09. The molecule has 1 heterocycles. The van der Waals surface area contributed by atoms with Crippen molar-refractivity contribution in [1.82, 2.24) is 4.98 Å². The second kappa shape index (κ2) is 4.53. The van der Waals surface area contributed by atoms with Crippen molar-refractivity contribution in [3.63, 3.8) is 0 Å². The maximum absolute atomic E-state index is 11.6. The lowest BCUT2D eigenvalue weighted by Gasteiger charge is -2.05. The van der Waals surface area contributed by atoms with Crippen LogP contribution in [-0.4, -0.2) is 17.6 Å².